The molecule has 0 saturated carbocycles. The highest BCUT2D eigenvalue weighted by Gasteiger charge is 2.06. The van der Waals surface area contributed by atoms with Crippen molar-refractivity contribution in [1.82, 2.24) is 20.1 Å². The lowest BCUT2D eigenvalue weighted by Crippen LogP contribution is -2.35. The van der Waals surface area contributed by atoms with Crippen molar-refractivity contribution >= 4 is 0 Å². The zero-order valence-corrected chi connectivity index (χ0v) is 12.8. The third-order valence-corrected chi connectivity index (χ3v) is 2.86. The van der Waals surface area contributed by atoms with Gasteiger partial charge in [-0.05, 0) is 24.3 Å². The molecule has 1 aromatic heterocycles. The lowest BCUT2D eigenvalue weighted by molar-refractivity contribution is 0.104. The number of nitrogens with zero attached hydrogens (tertiary/aromatic N) is 3. The highest BCUT2D eigenvalue weighted by Crippen LogP contribution is 2.18. The number of aliphatic hydroxyl groups excluding tert-OH is 1. The molecule has 0 aliphatic rings. The van der Waals surface area contributed by atoms with Gasteiger partial charge in [-0.1, -0.05) is 13.8 Å². The Balaban J connectivity index is 1.72. The molecule has 7 heteroatoms. The first kappa shape index (κ1) is 16.3. The molecule has 120 valence electrons. The van der Waals surface area contributed by atoms with Crippen LogP contribution in [0.2, 0.25) is 0 Å². The standard InChI is InChI=1S/C15H22N4O3/c1-12(2)17-7-13(20)8-21-14-3-5-15(6-4-14)22-11-19-10-16-9-18-19/h3-6,9-10,12-13,17,20H,7-8,11H2,1-2H3. The molecule has 0 bridgehead atoms. The van der Waals surface area contributed by atoms with Gasteiger partial charge in [-0.3, -0.25) is 0 Å². The second kappa shape index (κ2) is 8.35. The van der Waals surface area contributed by atoms with Gasteiger partial charge in [0.05, 0.1) is 0 Å². The molecule has 0 fully saturated rings. The molecular weight excluding hydrogens is 284 g/mol. The van der Waals surface area contributed by atoms with Gasteiger partial charge >= 0.3 is 0 Å². The summed E-state index contributed by atoms with van der Waals surface area (Å²) in [7, 11) is 0. The maximum Gasteiger partial charge on any atom is 0.182 e. The molecule has 0 aliphatic heterocycles. The van der Waals surface area contributed by atoms with Crippen molar-refractivity contribution in [2.24, 2.45) is 0 Å². The maximum absolute atomic E-state index is 9.78. The minimum absolute atomic E-state index is 0.249. The molecule has 2 aromatic rings. The second-order valence-electron chi connectivity index (χ2n) is 5.21. The number of hydrogen-bond acceptors (Lipinski definition) is 6. The topological polar surface area (TPSA) is 81.4 Å². The molecule has 0 saturated heterocycles. The van der Waals surface area contributed by atoms with Crippen LogP contribution in [0.4, 0.5) is 0 Å². The van der Waals surface area contributed by atoms with Crippen LogP contribution in [0.15, 0.2) is 36.9 Å². The largest absolute Gasteiger partial charge is 0.491 e. The molecule has 0 radical (unpaired) electrons. The van der Waals surface area contributed by atoms with E-state index in [0.717, 1.165) is 0 Å². The lowest BCUT2D eigenvalue weighted by Gasteiger charge is -2.15. The van der Waals surface area contributed by atoms with Gasteiger partial charge in [0.25, 0.3) is 0 Å². The second-order valence-corrected chi connectivity index (χ2v) is 5.21. The van der Waals surface area contributed by atoms with Crippen molar-refractivity contribution in [3.8, 4) is 11.5 Å². The Hall–Kier alpha value is -2.12. The van der Waals surface area contributed by atoms with Crippen LogP contribution in [0.25, 0.3) is 0 Å². The van der Waals surface area contributed by atoms with Crippen LogP contribution >= 0.6 is 0 Å². The molecule has 0 spiro atoms. The van der Waals surface area contributed by atoms with Gasteiger partial charge in [0.15, 0.2) is 6.73 Å². The summed E-state index contributed by atoms with van der Waals surface area (Å²) in [5.74, 6) is 1.40. The summed E-state index contributed by atoms with van der Waals surface area (Å²) < 4.78 is 12.7. The Kier molecular flexibility index (Phi) is 6.17. The molecule has 22 heavy (non-hydrogen) atoms. The van der Waals surface area contributed by atoms with E-state index in [2.05, 4.69) is 15.4 Å². The zero-order chi connectivity index (χ0) is 15.8. The van der Waals surface area contributed by atoms with Gasteiger partial charge in [0, 0.05) is 12.6 Å². The Morgan fingerprint density at radius 2 is 1.86 bits per heavy atom. The first-order valence-corrected chi connectivity index (χ1v) is 7.23. The van der Waals surface area contributed by atoms with Crippen LogP contribution in [-0.4, -0.2) is 45.2 Å². The first-order valence-electron chi connectivity index (χ1n) is 7.23. The smallest absolute Gasteiger partial charge is 0.182 e. The van der Waals surface area contributed by atoms with Crippen molar-refractivity contribution in [1.29, 1.82) is 0 Å². The van der Waals surface area contributed by atoms with Gasteiger partial charge in [-0.25, -0.2) is 9.67 Å². The van der Waals surface area contributed by atoms with E-state index in [4.69, 9.17) is 9.47 Å². The van der Waals surface area contributed by atoms with Crippen LogP contribution in [0.1, 0.15) is 13.8 Å². The molecule has 1 heterocycles. The highest BCUT2D eigenvalue weighted by atomic mass is 16.5. The number of aliphatic hydroxyl groups is 1. The molecule has 0 amide bonds. The van der Waals surface area contributed by atoms with Crippen molar-refractivity contribution < 1.29 is 14.6 Å². The van der Waals surface area contributed by atoms with E-state index in [0.29, 0.717) is 30.8 Å². The van der Waals surface area contributed by atoms with Crippen molar-refractivity contribution in [2.45, 2.75) is 32.7 Å². The normalized spacial score (nSPS) is 12.4. The molecule has 7 nitrogen and oxygen atoms in total. The van der Waals surface area contributed by atoms with E-state index in [1.165, 1.54) is 6.33 Å². The highest BCUT2D eigenvalue weighted by molar-refractivity contribution is 5.31. The fraction of sp³-hybridized carbons (Fsp3) is 0.467. The minimum atomic E-state index is -0.536. The summed E-state index contributed by atoms with van der Waals surface area (Å²) in [6, 6.07) is 7.57. The summed E-state index contributed by atoms with van der Waals surface area (Å²) in [6.07, 6.45) is 2.51. The number of aromatic nitrogens is 3. The Morgan fingerprint density at radius 3 is 2.45 bits per heavy atom. The summed E-state index contributed by atoms with van der Waals surface area (Å²) in [6.45, 7) is 5.13. The molecule has 1 unspecified atom stereocenters. The van der Waals surface area contributed by atoms with E-state index >= 15 is 0 Å². The van der Waals surface area contributed by atoms with Gasteiger partial charge < -0.3 is 19.9 Å². The van der Waals surface area contributed by atoms with E-state index in [1.54, 1.807) is 23.1 Å². The summed E-state index contributed by atoms with van der Waals surface area (Å²) >= 11 is 0. The number of benzene rings is 1. The number of rotatable bonds is 9. The van der Waals surface area contributed by atoms with Gasteiger partial charge in [-0.2, -0.15) is 5.10 Å². The number of nitrogens with one attached hydrogen (secondary N) is 1. The molecule has 2 rings (SSSR count). The van der Waals surface area contributed by atoms with Crippen molar-refractivity contribution in [3.05, 3.63) is 36.9 Å². The van der Waals surface area contributed by atoms with E-state index < -0.39 is 6.10 Å². The molecular formula is C15H22N4O3. The summed E-state index contributed by atoms with van der Waals surface area (Å²) in [4.78, 5) is 3.84. The van der Waals surface area contributed by atoms with Crippen LogP contribution in [-0.2, 0) is 6.73 Å². The number of hydrogen-bond donors (Lipinski definition) is 2. The Bertz CT molecular complexity index is 528. The van der Waals surface area contributed by atoms with Crippen LogP contribution in [0.3, 0.4) is 0 Å². The Labute approximate surface area is 129 Å². The van der Waals surface area contributed by atoms with Crippen LogP contribution in [0.5, 0.6) is 11.5 Å². The predicted octanol–water partition coefficient (Wildman–Crippen LogP) is 1.05. The van der Waals surface area contributed by atoms with E-state index in [1.807, 2.05) is 26.0 Å². The summed E-state index contributed by atoms with van der Waals surface area (Å²) in [5.41, 5.74) is 0. The van der Waals surface area contributed by atoms with E-state index in [9.17, 15) is 5.11 Å². The lowest BCUT2D eigenvalue weighted by atomic mass is 10.3. The van der Waals surface area contributed by atoms with E-state index in [-0.39, 0.29) is 6.61 Å². The average molecular weight is 306 g/mol. The SMILES string of the molecule is CC(C)NCC(O)COc1ccc(OCn2cncn2)cc1. The quantitative estimate of drug-likeness (QED) is 0.721. The van der Waals surface area contributed by atoms with Crippen LogP contribution in [0, 0.1) is 0 Å². The molecule has 2 N–H and O–H groups in total. The predicted molar refractivity (Wildman–Crippen MR) is 81.7 cm³/mol. The minimum Gasteiger partial charge on any atom is -0.491 e. The van der Waals surface area contributed by atoms with Crippen LogP contribution < -0.4 is 14.8 Å². The van der Waals surface area contributed by atoms with Gasteiger partial charge in [0.1, 0.15) is 36.9 Å². The first-order chi connectivity index (χ1) is 10.6. The third-order valence-electron chi connectivity index (χ3n) is 2.86. The average Bonchev–Trinajstić information content (AvgIpc) is 3.03. The van der Waals surface area contributed by atoms with Gasteiger partial charge in [0.2, 0.25) is 0 Å². The fourth-order valence-electron chi connectivity index (χ4n) is 1.70. The third kappa shape index (κ3) is 5.71. The maximum atomic E-state index is 9.78. The van der Waals surface area contributed by atoms with Crippen molar-refractivity contribution in [2.75, 3.05) is 13.2 Å². The van der Waals surface area contributed by atoms with Crippen molar-refractivity contribution in [3.63, 3.8) is 0 Å². The fourth-order valence-corrected chi connectivity index (χ4v) is 1.70. The summed E-state index contributed by atoms with van der Waals surface area (Å²) in [5, 5.41) is 16.9. The monoisotopic (exact) mass is 306 g/mol. The molecule has 0 aliphatic carbocycles. The Morgan fingerprint density at radius 1 is 1.18 bits per heavy atom. The molecule has 1 aromatic carbocycles. The zero-order valence-electron chi connectivity index (χ0n) is 12.8. The number of ether oxygens (including phenoxy) is 2. The molecule has 1 atom stereocenters. The van der Waals surface area contributed by atoms with Gasteiger partial charge in [-0.15, -0.1) is 0 Å².